The van der Waals surface area contributed by atoms with Crippen LogP contribution in [0.3, 0.4) is 0 Å². The second-order valence-electron chi connectivity index (χ2n) is 13.7. The first kappa shape index (κ1) is 41.2. The van der Waals surface area contributed by atoms with Crippen molar-refractivity contribution < 1.29 is 19.1 Å². The summed E-state index contributed by atoms with van der Waals surface area (Å²) in [5, 5.41) is 14.5. The molecule has 264 valence electrons. The molecule has 2 rings (SSSR count). The number of fused-ring (bicyclic) bond motifs is 1. The molecular weight excluding hydrogens is 580 g/mol. The Labute approximate surface area is 279 Å². The summed E-state index contributed by atoms with van der Waals surface area (Å²) in [4.78, 5) is 29.6. The first-order chi connectivity index (χ1) is 21.9. The molecule has 1 aromatic carbocycles. The number of hydrogen-bond donors (Lipinski definition) is 5. The number of hydrogen-bond acceptors (Lipinski definition) is 7. The molecule has 0 aliphatic carbocycles. The largest absolute Gasteiger partial charge is 0.444 e. The predicted molar refractivity (Wildman–Crippen MR) is 192 cm³/mol. The number of nitrogens with one attached hydrogen (secondary N) is 5. The van der Waals surface area contributed by atoms with E-state index in [2.05, 4.69) is 64.5 Å². The van der Waals surface area contributed by atoms with Crippen LogP contribution in [-0.2, 0) is 15.9 Å². The van der Waals surface area contributed by atoms with Crippen molar-refractivity contribution >= 4 is 23.1 Å². The summed E-state index contributed by atoms with van der Waals surface area (Å²) < 4.78 is 10.9. The summed E-state index contributed by atoms with van der Waals surface area (Å²) in [6.45, 7) is 22.9. The minimum Gasteiger partial charge on any atom is -0.444 e. The second-order valence-corrected chi connectivity index (χ2v) is 13.7. The lowest BCUT2D eigenvalue weighted by molar-refractivity contribution is 0.0246. The number of H-pyrrole nitrogens is 1. The highest BCUT2D eigenvalue weighted by molar-refractivity contribution is 5.83. The molecule has 0 spiro atoms. The number of aromatic nitrogens is 1. The quantitative estimate of drug-likeness (QED) is 0.103. The van der Waals surface area contributed by atoms with Gasteiger partial charge in [-0.25, -0.2) is 9.59 Å². The van der Waals surface area contributed by atoms with E-state index in [1.165, 1.54) is 22.9 Å². The standard InChI is InChI=1S/C33H58N6O4.C3H8/c1-32(2,3)42-30(40)37-22-11-19-34-17-9-10-18-35-20-12-24-39(31(41)43-33(4,5)6)25-13-21-36-23-16-27-26-38-29-15-8-7-14-28(27)29;1-3-2/h7-8,14-15,26,34-36,38H,9-13,16-25H2,1-6H3,(H,37,40);3H2,1-2H3. The zero-order valence-electron chi connectivity index (χ0n) is 30.3. The molecule has 10 heteroatoms. The van der Waals surface area contributed by atoms with Gasteiger partial charge in [0.15, 0.2) is 0 Å². The lowest BCUT2D eigenvalue weighted by Gasteiger charge is -2.27. The third-order valence-corrected chi connectivity index (χ3v) is 6.62. The van der Waals surface area contributed by atoms with Crippen molar-refractivity contribution in [2.75, 3.05) is 58.9 Å². The maximum absolute atomic E-state index is 12.8. The van der Waals surface area contributed by atoms with E-state index in [1.54, 1.807) is 0 Å². The highest BCUT2D eigenvalue weighted by atomic mass is 16.6. The van der Waals surface area contributed by atoms with E-state index >= 15 is 0 Å². The fraction of sp³-hybridized carbons (Fsp3) is 0.722. The van der Waals surface area contributed by atoms with Gasteiger partial charge in [0.05, 0.1) is 0 Å². The second kappa shape index (κ2) is 23.5. The Morgan fingerprint density at radius 3 is 1.83 bits per heavy atom. The van der Waals surface area contributed by atoms with Gasteiger partial charge in [-0.1, -0.05) is 38.5 Å². The topological polar surface area (TPSA) is 120 Å². The van der Waals surface area contributed by atoms with Gasteiger partial charge < -0.3 is 40.6 Å². The normalized spacial score (nSPS) is 11.6. The molecule has 0 radical (unpaired) electrons. The van der Waals surface area contributed by atoms with Crippen molar-refractivity contribution in [3.05, 3.63) is 36.0 Å². The molecule has 0 aliphatic heterocycles. The van der Waals surface area contributed by atoms with E-state index in [0.29, 0.717) is 19.6 Å². The molecular formula is C36H66N6O4. The monoisotopic (exact) mass is 647 g/mol. The molecule has 0 fully saturated rings. The summed E-state index contributed by atoms with van der Waals surface area (Å²) in [6, 6.07) is 8.38. The van der Waals surface area contributed by atoms with Crippen LogP contribution in [0.4, 0.5) is 9.59 Å². The van der Waals surface area contributed by atoms with Crippen LogP contribution >= 0.6 is 0 Å². The Hall–Kier alpha value is -2.82. The highest BCUT2D eigenvalue weighted by Crippen LogP contribution is 2.17. The molecule has 0 saturated heterocycles. The van der Waals surface area contributed by atoms with Gasteiger partial charge in [0.2, 0.25) is 0 Å². The molecule has 2 aromatic rings. The molecule has 0 aliphatic rings. The molecule has 0 saturated carbocycles. The van der Waals surface area contributed by atoms with Gasteiger partial charge in [0, 0.05) is 36.7 Å². The number of carbonyl (C=O) groups excluding carboxylic acids is 2. The molecule has 1 aromatic heterocycles. The van der Waals surface area contributed by atoms with E-state index in [4.69, 9.17) is 9.47 Å². The number of ether oxygens (including phenoxy) is 2. The molecule has 2 amide bonds. The van der Waals surface area contributed by atoms with E-state index in [-0.39, 0.29) is 12.2 Å². The maximum atomic E-state index is 12.8. The number of alkyl carbamates (subject to hydrolysis) is 1. The number of unbranched alkanes of at least 4 members (excludes halogenated alkanes) is 1. The fourth-order valence-corrected chi connectivity index (χ4v) is 4.57. The number of nitrogens with zero attached hydrogens (tertiary/aromatic N) is 1. The van der Waals surface area contributed by atoms with E-state index in [0.717, 1.165) is 77.8 Å². The average molecular weight is 647 g/mol. The van der Waals surface area contributed by atoms with Gasteiger partial charge in [0.1, 0.15) is 11.2 Å². The Bertz CT molecular complexity index is 1080. The van der Waals surface area contributed by atoms with E-state index in [1.807, 2.05) is 52.5 Å². The van der Waals surface area contributed by atoms with Crippen LogP contribution in [0.15, 0.2) is 30.5 Å². The van der Waals surface area contributed by atoms with Crippen LogP contribution in [0.25, 0.3) is 10.9 Å². The Morgan fingerprint density at radius 2 is 1.24 bits per heavy atom. The van der Waals surface area contributed by atoms with Crippen LogP contribution in [0.1, 0.15) is 99.5 Å². The lowest BCUT2D eigenvalue weighted by Crippen LogP contribution is -2.39. The fourth-order valence-electron chi connectivity index (χ4n) is 4.57. The van der Waals surface area contributed by atoms with Gasteiger partial charge in [-0.3, -0.25) is 0 Å². The number of rotatable bonds is 20. The van der Waals surface area contributed by atoms with Crippen molar-refractivity contribution in [3.8, 4) is 0 Å². The Balaban J connectivity index is 0.00000338. The number of aromatic amines is 1. The molecule has 10 nitrogen and oxygen atoms in total. The molecule has 1 heterocycles. The van der Waals surface area contributed by atoms with Gasteiger partial charge in [-0.15, -0.1) is 0 Å². The van der Waals surface area contributed by atoms with Crippen molar-refractivity contribution in [1.29, 1.82) is 0 Å². The SMILES string of the molecule is CC(C)(C)OC(=O)NCCCNCCCCNCCCN(CCCNCCc1c[nH]c2ccccc12)C(=O)OC(C)(C)C.CCC. The first-order valence-corrected chi connectivity index (χ1v) is 17.5. The van der Waals surface area contributed by atoms with Crippen molar-refractivity contribution in [2.24, 2.45) is 0 Å². The third-order valence-electron chi connectivity index (χ3n) is 6.62. The summed E-state index contributed by atoms with van der Waals surface area (Å²) in [5.41, 5.74) is 1.53. The molecule has 0 unspecified atom stereocenters. The smallest absolute Gasteiger partial charge is 0.410 e. The molecule has 46 heavy (non-hydrogen) atoms. The lowest BCUT2D eigenvalue weighted by atomic mass is 10.1. The van der Waals surface area contributed by atoms with Crippen LogP contribution in [-0.4, -0.2) is 92.2 Å². The highest BCUT2D eigenvalue weighted by Gasteiger charge is 2.21. The summed E-state index contributed by atoms with van der Waals surface area (Å²) in [5.74, 6) is 0. The summed E-state index contributed by atoms with van der Waals surface area (Å²) in [6.07, 6.45) is 8.52. The minimum atomic E-state index is -0.506. The zero-order chi connectivity index (χ0) is 34.3. The number of carbonyl (C=O) groups is 2. The Kier molecular flexibility index (Phi) is 21.0. The van der Waals surface area contributed by atoms with E-state index < -0.39 is 11.2 Å². The van der Waals surface area contributed by atoms with Crippen LogP contribution in [0, 0.1) is 0 Å². The maximum Gasteiger partial charge on any atom is 0.410 e. The molecule has 5 N–H and O–H groups in total. The van der Waals surface area contributed by atoms with Crippen LogP contribution in [0.5, 0.6) is 0 Å². The third kappa shape index (κ3) is 21.1. The Morgan fingerprint density at radius 1 is 0.717 bits per heavy atom. The molecule has 0 bridgehead atoms. The van der Waals surface area contributed by atoms with Crippen LogP contribution in [0.2, 0.25) is 0 Å². The minimum absolute atomic E-state index is 0.237. The van der Waals surface area contributed by atoms with Gasteiger partial charge >= 0.3 is 12.2 Å². The van der Waals surface area contributed by atoms with Crippen LogP contribution < -0.4 is 21.3 Å². The zero-order valence-corrected chi connectivity index (χ0v) is 30.3. The number of benzene rings is 1. The van der Waals surface area contributed by atoms with E-state index in [9.17, 15) is 9.59 Å². The van der Waals surface area contributed by atoms with Gasteiger partial charge in [-0.2, -0.15) is 0 Å². The van der Waals surface area contributed by atoms with Gasteiger partial charge in [0.25, 0.3) is 0 Å². The number of amides is 2. The summed E-state index contributed by atoms with van der Waals surface area (Å²) >= 11 is 0. The van der Waals surface area contributed by atoms with Crippen molar-refractivity contribution in [1.82, 2.24) is 31.2 Å². The van der Waals surface area contributed by atoms with Gasteiger partial charge in [-0.05, 0) is 131 Å². The number of para-hydroxylation sites is 1. The average Bonchev–Trinajstić information content (AvgIpc) is 3.37. The summed E-state index contributed by atoms with van der Waals surface area (Å²) in [7, 11) is 0. The predicted octanol–water partition coefficient (Wildman–Crippen LogP) is 6.61. The first-order valence-electron chi connectivity index (χ1n) is 17.5. The van der Waals surface area contributed by atoms with Crippen molar-refractivity contribution in [3.63, 3.8) is 0 Å². The molecule has 0 atom stereocenters. The van der Waals surface area contributed by atoms with Crippen molar-refractivity contribution in [2.45, 2.75) is 112 Å².